The second-order valence-corrected chi connectivity index (χ2v) is 6.20. The van der Waals surface area contributed by atoms with Crippen LogP contribution in [0, 0.1) is 11.8 Å². The molecule has 0 aliphatic carbocycles. The third-order valence-electron chi connectivity index (χ3n) is 4.00. The van der Waals surface area contributed by atoms with Crippen LogP contribution >= 0.6 is 0 Å². The second-order valence-electron chi connectivity index (χ2n) is 6.20. The van der Waals surface area contributed by atoms with Crippen LogP contribution in [0.4, 0.5) is 5.82 Å². The maximum absolute atomic E-state index is 4.42. The van der Waals surface area contributed by atoms with Crippen molar-refractivity contribution in [2.45, 2.75) is 40.0 Å². The number of aromatic nitrogens is 2. The Kier molecular flexibility index (Phi) is 5.77. The van der Waals surface area contributed by atoms with E-state index in [0.717, 1.165) is 55.9 Å². The van der Waals surface area contributed by atoms with Gasteiger partial charge in [-0.2, -0.15) is 0 Å². The molecule has 1 aliphatic rings. The van der Waals surface area contributed by atoms with E-state index in [2.05, 4.69) is 47.0 Å². The van der Waals surface area contributed by atoms with E-state index in [9.17, 15) is 0 Å². The Labute approximate surface area is 123 Å². The highest BCUT2D eigenvalue weighted by Gasteiger charge is 2.20. The fraction of sp³-hybridized carbons (Fsp3) is 0.750. The van der Waals surface area contributed by atoms with Crippen molar-refractivity contribution in [2.24, 2.45) is 11.8 Å². The van der Waals surface area contributed by atoms with Crippen LogP contribution < -0.4 is 10.2 Å². The number of nitrogens with one attached hydrogen (secondary N) is 1. The van der Waals surface area contributed by atoms with Crippen molar-refractivity contribution in [1.29, 1.82) is 0 Å². The molecule has 2 rings (SSSR count). The first kappa shape index (κ1) is 15.2. The fourth-order valence-electron chi connectivity index (χ4n) is 2.69. The van der Waals surface area contributed by atoms with Gasteiger partial charge >= 0.3 is 0 Å². The highest BCUT2D eigenvalue weighted by molar-refractivity contribution is 5.39. The quantitative estimate of drug-likeness (QED) is 0.867. The predicted octanol–water partition coefficient (Wildman–Crippen LogP) is 2.50. The second kappa shape index (κ2) is 7.58. The van der Waals surface area contributed by atoms with Gasteiger partial charge in [0.05, 0.1) is 0 Å². The molecule has 112 valence electrons. The molecule has 1 aromatic heterocycles. The van der Waals surface area contributed by atoms with Crippen molar-refractivity contribution in [3.05, 3.63) is 18.1 Å². The summed E-state index contributed by atoms with van der Waals surface area (Å²) in [7, 11) is 0. The van der Waals surface area contributed by atoms with E-state index < -0.39 is 0 Å². The number of nitrogens with zero attached hydrogens (tertiary/aromatic N) is 3. The predicted molar refractivity (Wildman–Crippen MR) is 84.1 cm³/mol. The molecular weight excluding hydrogens is 248 g/mol. The lowest BCUT2D eigenvalue weighted by Gasteiger charge is -2.33. The van der Waals surface area contributed by atoms with Gasteiger partial charge in [-0.05, 0) is 44.2 Å². The fourth-order valence-corrected chi connectivity index (χ4v) is 2.69. The van der Waals surface area contributed by atoms with Crippen LogP contribution in [-0.4, -0.2) is 36.1 Å². The number of rotatable bonds is 6. The number of hydrogen-bond acceptors (Lipinski definition) is 4. The Bertz CT molecular complexity index is 397. The highest BCUT2D eigenvalue weighted by Crippen LogP contribution is 2.21. The molecule has 0 saturated carbocycles. The van der Waals surface area contributed by atoms with Gasteiger partial charge in [0.2, 0.25) is 0 Å². The van der Waals surface area contributed by atoms with Crippen molar-refractivity contribution in [1.82, 2.24) is 15.3 Å². The standard InChI is InChI=1S/C16H28N4/c1-4-15-9-16(19-12-18-15)20-7-5-14(6-8-20)11-17-10-13(2)3/h9,12-14,17H,4-8,10-11H2,1-3H3. The summed E-state index contributed by atoms with van der Waals surface area (Å²) in [5, 5.41) is 3.58. The maximum atomic E-state index is 4.42. The van der Waals surface area contributed by atoms with Crippen molar-refractivity contribution >= 4 is 5.82 Å². The summed E-state index contributed by atoms with van der Waals surface area (Å²) in [4.78, 5) is 11.1. The number of piperidine rings is 1. The molecule has 0 atom stereocenters. The summed E-state index contributed by atoms with van der Waals surface area (Å²) >= 11 is 0. The van der Waals surface area contributed by atoms with E-state index >= 15 is 0 Å². The monoisotopic (exact) mass is 276 g/mol. The normalized spacial score (nSPS) is 16.9. The number of hydrogen-bond donors (Lipinski definition) is 1. The van der Waals surface area contributed by atoms with Gasteiger partial charge in [-0.15, -0.1) is 0 Å². The summed E-state index contributed by atoms with van der Waals surface area (Å²) in [6.45, 7) is 11.2. The van der Waals surface area contributed by atoms with Crippen LogP contribution in [0.15, 0.2) is 12.4 Å². The van der Waals surface area contributed by atoms with Crippen LogP contribution in [0.5, 0.6) is 0 Å². The molecular formula is C16H28N4. The Morgan fingerprint density at radius 1 is 1.30 bits per heavy atom. The molecule has 2 heterocycles. The summed E-state index contributed by atoms with van der Waals surface area (Å²) in [6.07, 6.45) is 5.20. The van der Waals surface area contributed by atoms with E-state index in [0.29, 0.717) is 0 Å². The molecule has 1 aromatic rings. The van der Waals surface area contributed by atoms with Gasteiger partial charge in [-0.1, -0.05) is 20.8 Å². The average Bonchev–Trinajstić information content (AvgIpc) is 2.48. The summed E-state index contributed by atoms with van der Waals surface area (Å²) in [6, 6.07) is 2.14. The Morgan fingerprint density at radius 3 is 2.70 bits per heavy atom. The largest absolute Gasteiger partial charge is 0.356 e. The lowest BCUT2D eigenvalue weighted by molar-refractivity contribution is 0.373. The Hall–Kier alpha value is -1.16. The van der Waals surface area contributed by atoms with Gasteiger partial charge in [-0.3, -0.25) is 0 Å². The first-order chi connectivity index (χ1) is 9.69. The smallest absolute Gasteiger partial charge is 0.132 e. The van der Waals surface area contributed by atoms with Gasteiger partial charge in [0.25, 0.3) is 0 Å². The van der Waals surface area contributed by atoms with Crippen molar-refractivity contribution in [3.8, 4) is 0 Å². The Morgan fingerprint density at radius 2 is 2.05 bits per heavy atom. The summed E-state index contributed by atoms with van der Waals surface area (Å²) in [5.41, 5.74) is 1.13. The van der Waals surface area contributed by atoms with Gasteiger partial charge in [0.1, 0.15) is 12.1 Å². The van der Waals surface area contributed by atoms with Crippen molar-refractivity contribution in [2.75, 3.05) is 31.1 Å². The molecule has 0 amide bonds. The molecule has 20 heavy (non-hydrogen) atoms. The molecule has 4 nitrogen and oxygen atoms in total. The molecule has 0 bridgehead atoms. The van der Waals surface area contributed by atoms with E-state index in [1.807, 2.05) is 0 Å². The third-order valence-corrected chi connectivity index (χ3v) is 4.00. The number of aryl methyl sites for hydroxylation is 1. The van der Waals surface area contributed by atoms with E-state index in [1.54, 1.807) is 6.33 Å². The first-order valence-electron chi connectivity index (χ1n) is 7.95. The van der Waals surface area contributed by atoms with Crippen LogP contribution in [0.2, 0.25) is 0 Å². The van der Waals surface area contributed by atoms with Gasteiger partial charge in [-0.25, -0.2) is 9.97 Å². The maximum Gasteiger partial charge on any atom is 0.132 e. The Balaban J connectivity index is 1.78. The van der Waals surface area contributed by atoms with Gasteiger partial charge in [0.15, 0.2) is 0 Å². The van der Waals surface area contributed by atoms with Crippen molar-refractivity contribution in [3.63, 3.8) is 0 Å². The molecule has 0 radical (unpaired) electrons. The third kappa shape index (κ3) is 4.44. The number of anilines is 1. The van der Waals surface area contributed by atoms with Gasteiger partial charge in [0, 0.05) is 24.8 Å². The molecule has 1 saturated heterocycles. The minimum absolute atomic E-state index is 0.739. The zero-order valence-electron chi connectivity index (χ0n) is 13.1. The molecule has 1 N–H and O–H groups in total. The molecule has 0 spiro atoms. The molecule has 0 aromatic carbocycles. The topological polar surface area (TPSA) is 41.0 Å². The molecule has 1 fully saturated rings. The lowest BCUT2D eigenvalue weighted by Crippen LogP contribution is -2.38. The minimum Gasteiger partial charge on any atom is -0.356 e. The van der Waals surface area contributed by atoms with Crippen LogP contribution in [0.3, 0.4) is 0 Å². The van der Waals surface area contributed by atoms with E-state index in [4.69, 9.17) is 0 Å². The molecule has 4 heteroatoms. The van der Waals surface area contributed by atoms with E-state index in [1.165, 1.54) is 12.8 Å². The van der Waals surface area contributed by atoms with E-state index in [-0.39, 0.29) is 0 Å². The summed E-state index contributed by atoms with van der Waals surface area (Å²) < 4.78 is 0. The first-order valence-corrected chi connectivity index (χ1v) is 7.95. The molecule has 1 aliphatic heterocycles. The molecule has 0 unspecified atom stereocenters. The zero-order valence-corrected chi connectivity index (χ0v) is 13.1. The van der Waals surface area contributed by atoms with Crippen molar-refractivity contribution < 1.29 is 0 Å². The van der Waals surface area contributed by atoms with Crippen LogP contribution in [0.1, 0.15) is 39.3 Å². The zero-order chi connectivity index (χ0) is 14.4. The average molecular weight is 276 g/mol. The van der Waals surface area contributed by atoms with Crippen LogP contribution in [-0.2, 0) is 6.42 Å². The summed E-state index contributed by atoms with van der Waals surface area (Å²) in [5.74, 6) is 2.66. The SMILES string of the molecule is CCc1cc(N2CCC(CNCC(C)C)CC2)ncn1. The lowest BCUT2D eigenvalue weighted by atomic mass is 9.96. The van der Waals surface area contributed by atoms with Crippen LogP contribution in [0.25, 0.3) is 0 Å². The van der Waals surface area contributed by atoms with Gasteiger partial charge < -0.3 is 10.2 Å². The minimum atomic E-state index is 0.739. The highest BCUT2D eigenvalue weighted by atomic mass is 15.2.